The zero-order chi connectivity index (χ0) is 14.4. The summed E-state index contributed by atoms with van der Waals surface area (Å²) in [7, 11) is 0. The van der Waals surface area contributed by atoms with Gasteiger partial charge in [-0.1, -0.05) is 25.4 Å². The maximum Gasteiger partial charge on any atom is 0.253 e. The number of nitrogen functional groups attached to an aromatic ring is 1. The fourth-order valence-corrected chi connectivity index (χ4v) is 1.43. The van der Waals surface area contributed by atoms with Gasteiger partial charge in [-0.2, -0.15) is 0 Å². The van der Waals surface area contributed by atoms with Crippen LogP contribution in [-0.4, -0.2) is 29.9 Å². The number of nitrogens with one attached hydrogen (secondary N) is 2. The highest BCUT2D eigenvalue weighted by atomic mass is 35.5. The Bertz CT molecular complexity index is 477. The Balaban J connectivity index is 2.51. The number of pyridine rings is 1. The van der Waals surface area contributed by atoms with Crippen LogP contribution in [0.15, 0.2) is 12.3 Å². The second-order valence-electron chi connectivity index (χ2n) is 4.47. The number of anilines is 1. The molecule has 0 fully saturated rings. The summed E-state index contributed by atoms with van der Waals surface area (Å²) < 4.78 is 0. The van der Waals surface area contributed by atoms with E-state index in [4.69, 9.17) is 17.3 Å². The third-order valence-electron chi connectivity index (χ3n) is 2.26. The van der Waals surface area contributed by atoms with Crippen molar-refractivity contribution in [2.45, 2.75) is 13.8 Å². The van der Waals surface area contributed by atoms with Crippen LogP contribution in [0.1, 0.15) is 24.2 Å². The van der Waals surface area contributed by atoms with Crippen molar-refractivity contribution in [1.29, 1.82) is 0 Å². The number of halogens is 1. The van der Waals surface area contributed by atoms with Gasteiger partial charge in [0.1, 0.15) is 5.15 Å². The summed E-state index contributed by atoms with van der Waals surface area (Å²) in [5, 5.41) is 5.33. The summed E-state index contributed by atoms with van der Waals surface area (Å²) in [6.07, 6.45) is 1.30. The molecule has 0 unspecified atom stereocenters. The second kappa shape index (κ2) is 6.94. The summed E-state index contributed by atoms with van der Waals surface area (Å²) in [5.41, 5.74) is 6.03. The molecule has 0 radical (unpaired) electrons. The number of hydrogen-bond acceptors (Lipinski definition) is 4. The molecule has 1 rings (SSSR count). The fourth-order valence-electron chi connectivity index (χ4n) is 1.27. The minimum absolute atomic E-state index is 0.106. The Morgan fingerprint density at radius 1 is 1.42 bits per heavy atom. The van der Waals surface area contributed by atoms with Crippen LogP contribution >= 0.6 is 11.6 Å². The van der Waals surface area contributed by atoms with Crippen LogP contribution in [0.2, 0.25) is 5.15 Å². The van der Waals surface area contributed by atoms with Crippen molar-refractivity contribution < 1.29 is 9.59 Å². The minimum atomic E-state index is -0.457. The fraction of sp³-hybridized carbons (Fsp3) is 0.417. The number of nitrogens with two attached hydrogens (primary N) is 1. The lowest BCUT2D eigenvalue weighted by Crippen LogP contribution is -2.38. The molecule has 1 heterocycles. The lowest BCUT2D eigenvalue weighted by molar-refractivity contribution is -0.120. The maximum atomic E-state index is 11.8. The van der Waals surface area contributed by atoms with E-state index in [-0.39, 0.29) is 28.9 Å². The summed E-state index contributed by atoms with van der Waals surface area (Å²) in [5.74, 6) is -0.350. The molecule has 6 nitrogen and oxygen atoms in total. The summed E-state index contributed by atoms with van der Waals surface area (Å²) in [4.78, 5) is 27.0. The van der Waals surface area contributed by atoms with Crippen molar-refractivity contribution in [3.8, 4) is 0 Å². The molecular formula is C12H17ClN4O2. The van der Waals surface area contributed by atoms with E-state index in [0.29, 0.717) is 12.5 Å². The van der Waals surface area contributed by atoms with Crippen molar-refractivity contribution >= 4 is 29.1 Å². The third-order valence-corrected chi connectivity index (χ3v) is 2.47. The van der Waals surface area contributed by atoms with Gasteiger partial charge >= 0.3 is 0 Å². The number of rotatable bonds is 5. The number of hydrogen-bond donors (Lipinski definition) is 3. The quantitative estimate of drug-likeness (QED) is 0.697. The van der Waals surface area contributed by atoms with E-state index in [1.807, 2.05) is 13.8 Å². The minimum Gasteiger partial charge on any atom is -0.397 e. The highest BCUT2D eigenvalue weighted by Gasteiger charge is 2.12. The first kappa shape index (κ1) is 15.2. The van der Waals surface area contributed by atoms with E-state index in [9.17, 15) is 9.59 Å². The predicted octanol–water partition coefficient (Wildman–Crippen LogP) is 0.819. The Morgan fingerprint density at radius 2 is 2.11 bits per heavy atom. The molecule has 2 amide bonds. The summed E-state index contributed by atoms with van der Waals surface area (Å²) in [6, 6.07) is 1.36. The monoisotopic (exact) mass is 284 g/mol. The number of carbonyl (C=O) groups excluding carboxylic acids is 2. The van der Waals surface area contributed by atoms with Crippen molar-refractivity contribution in [2.75, 3.05) is 18.8 Å². The number of carbonyl (C=O) groups is 2. The van der Waals surface area contributed by atoms with Crippen molar-refractivity contribution in [3.63, 3.8) is 0 Å². The Kier molecular flexibility index (Phi) is 5.57. The van der Waals surface area contributed by atoms with Gasteiger partial charge in [0.25, 0.3) is 5.91 Å². The van der Waals surface area contributed by atoms with Crippen LogP contribution in [0.3, 0.4) is 0 Å². The molecule has 0 aliphatic rings. The number of nitrogens with zero attached hydrogens (tertiary/aromatic N) is 1. The first-order valence-corrected chi connectivity index (χ1v) is 6.24. The summed E-state index contributed by atoms with van der Waals surface area (Å²) >= 11 is 5.68. The van der Waals surface area contributed by atoms with Gasteiger partial charge in [-0.25, -0.2) is 4.98 Å². The van der Waals surface area contributed by atoms with E-state index in [0.717, 1.165) is 0 Å². The zero-order valence-electron chi connectivity index (χ0n) is 10.9. The van der Waals surface area contributed by atoms with Gasteiger partial charge < -0.3 is 16.4 Å². The van der Waals surface area contributed by atoms with E-state index in [1.165, 1.54) is 12.3 Å². The molecule has 19 heavy (non-hydrogen) atoms. The molecule has 7 heteroatoms. The SMILES string of the molecule is CC(C)CNC(=O)CNC(=O)c1cc(Cl)ncc1N. The molecule has 1 aromatic heterocycles. The molecule has 0 aliphatic carbocycles. The maximum absolute atomic E-state index is 11.8. The first-order chi connectivity index (χ1) is 8.90. The predicted molar refractivity (Wildman–Crippen MR) is 73.8 cm³/mol. The van der Waals surface area contributed by atoms with Crippen LogP contribution < -0.4 is 16.4 Å². The van der Waals surface area contributed by atoms with Crippen molar-refractivity contribution in [1.82, 2.24) is 15.6 Å². The molecule has 0 aromatic carbocycles. The highest BCUT2D eigenvalue weighted by molar-refractivity contribution is 6.29. The van der Waals surface area contributed by atoms with E-state index in [1.54, 1.807) is 0 Å². The second-order valence-corrected chi connectivity index (χ2v) is 4.86. The lowest BCUT2D eigenvalue weighted by Gasteiger charge is -2.09. The van der Waals surface area contributed by atoms with E-state index >= 15 is 0 Å². The van der Waals surface area contributed by atoms with Crippen LogP contribution in [0.4, 0.5) is 5.69 Å². The van der Waals surface area contributed by atoms with E-state index in [2.05, 4.69) is 15.6 Å². The van der Waals surface area contributed by atoms with Crippen LogP contribution in [0.25, 0.3) is 0 Å². The van der Waals surface area contributed by atoms with Crippen molar-refractivity contribution in [2.24, 2.45) is 5.92 Å². The van der Waals surface area contributed by atoms with Gasteiger partial charge in [0.15, 0.2) is 0 Å². The third kappa shape index (κ3) is 5.13. The molecule has 1 aromatic rings. The van der Waals surface area contributed by atoms with Gasteiger partial charge in [0.2, 0.25) is 5.91 Å². The Labute approximate surface area is 116 Å². The molecule has 104 valence electrons. The molecule has 0 saturated heterocycles. The molecule has 0 aliphatic heterocycles. The van der Waals surface area contributed by atoms with E-state index < -0.39 is 5.91 Å². The standard InChI is InChI=1S/C12H17ClN4O2/c1-7(2)4-16-11(18)6-17-12(19)8-3-10(13)15-5-9(8)14/h3,5,7H,4,6,14H2,1-2H3,(H,16,18)(H,17,19). The van der Waals surface area contributed by atoms with Gasteiger partial charge in [-0.05, 0) is 12.0 Å². The van der Waals surface area contributed by atoms with Gasteiger partial charge in [0.05, 0.1) is 24.0 Å². The average Bonchev–Trinajstić information content (AvgIpc) is 2.36. The molecular weight excluding hydrogens is 268 g/mol. The largest absolute Gasteiger partial charge is 0.397 e. The van der Waals surface area contributed by atoms with Crippen LogP contribution in [0, 0.1) is 5.92 Å². The molecule has 0 atom stereocenters. The highest BCUT2D eigenvalue weighted by Crippen LogP contribution is 2.14. The molecule has 0 bridgehead atoms. The smallest absolute Gasteiger partial charge is 0.253 e. The molecule has 4 N–H and O–H groups in total. The van der Waals surface area contributed by atoms with Gasteiger partial charge in [-0.15, -0.1) is 0 Å². The lowest BCUT2D eigenvalue weighted by atomic mass is 10.2. The van der Waals surface area contributed by atoms with Crippen molar-refractivity contribution in [3.05, 3.63) is 23.0 Å². The normalized spacial score (nSPS) is 10.3. The first-order valence-electron chi connectivity index (χ1n) is 5.86. The van der Waals surface area contributed by atoms with Gasteiger partial charge in [-0.3, -0.25) is 9.59 Å². The topological polar surface area (TPSA) is 97.1 Å². The zero-order valence-corrected chi connectivity index (χ0v) is 11.6. The summed E-state index contributed by atoms with van der Waals surface area (Å²) in [6.45, 7) is 4.43. The average molecular weight is 285 g/mol. The Hall–Kier alpha value is -1.82. The number of aromatic nitrogens is 1. The van der Waals surface area contributed by atoms with Gasteiger partial charge in [0, 0.05) is 6.54 Å². The Morgan fingerprint density at radius 3 is 2.74 bits per heavy atom. The molecule has 0 spiro atoms. The van der Waals surface area contributed by atoms with Crippen LogP contribution in [0.5, 0.6) is 0 Å². The molecule has 0 saturated carbocycles. The number of amides is 2. The van der Waals surface area contributed by atoms with Crippen LogP contribution in [-0.2, 0) is 4.79 Å².